The molecule has 16 heavy (non-hydrogen) atoms. The van der Waals surface area contributed by atoms with Gasteiger partial charge in [-0.15, -0.1) is 11.3 Å². The second-order valence-electron chi connectivity index (χ2n) is 3.42. The number of hydrogen-bond donors (Lipinski definition) is 1. The van der Waals surface area contributed by atoms with Gasteiger partial charge in [-0.3, -0.25) is 0 Å². The summed E-state index contributed by atoms with van der Waals surface area (Å²) < 4.78 is 0. The van der Waals surface area contributed by atoms with Crippen molar-refractivity contribution in [2.24, 2.45) is 5.73 Å². The van der Waals surface area contributed by atoms with E-state index in [2.05, 4.69) is 4.98 Å². The quantitative estimate of drug-likeness (QED) is 0.903. The Balaban J connectivity index is 2.46. The molecule has 1 atom stereocenters. The predicted octanol–water partition coefficient (Wildman–Crippen LogP) is 3.81. The van der Waals surface area contributed by atoms with Crippen LogP contribution in [0.3, 0.4) is 0 Å². The van der Waals surface area contributed by atoms with Gasteiger partial charge in [-0.25, -0.2) is 4.98 Å². The van der Waals surface area contributed by atoms with Crippen LogP contribution in [0.25, 0.3) is 0 Å². The molecule has 0 aliphatic heterocycles. The van der Waals surface area contributed by atoms with Crippen molar-refractivity contribution in [1.82, 2.24) is 4.98 Å². The van der Waals surface area contributed by atoms with E-state index >= 15 is 0 Å². The van der Waals surface area contributed by atoms with Crippen LogP contribution in [0, 0.1) is 6.92 Å². The fourth-order valence-electron chi connectivity index (χ4n) is 1.51. The summed E-state index contributed by atoms with van der Waals surface area (Å²) in [6, 6.07) is 5.22. The van der Waals surface area contributed by atoms with Gasteiger partial charge in [0.15, 0.2) is 0 Å². The number of aromatic nitrogens is 1. The Morgan fingerprint density at radius 2 is 2.12 bits per heavy atom. The molecule has 1 heterocycles. The van der Waals surface area contributed by atoms with Crippen LogP contribution in [-0.4, -0.2) is 4.98 Å². The Hall–Kier alpha value is -0.610. The molecule has 0 amide bonds. The van der Waals surface area contributed by atoms with Crippen molar-refractivity contribution in [2.75, 3.05) is 0 Å². The lowest BCUT2D eigenvalue weighted by Gasteiger charge is -2.13. The second kappa shape index (κ2) is 4.72. The first-order valence-corrected chi connectivity index (χ1v) is 6.34. The minimum absolute atomic E-state index is 0.265. The smallest absolute Gasteiger partial charge is 0.0798 e. The van der Waals surface area contributed by atoms with Crippen molar-refractivity contribution in [3.63, 3.8) is 0 Å². The van der Waals surface area contributed by atoms with Gasteiger partial charge in [-0.2, -0.15) is 0 Å². The largest absolute Gasteiger partial charge is 0.320 e. The van der Waals surface area contributed by atoms with Gasteiger partial charge in [0.25, 0.3) is 0 Å². The number of rotatable bonds is 2. The van der Waals surface area contributed by atoms with Crippen molar-refractivity contribution in [2.45, 2.75) is 13.0 Å². The zero-order chi connectivity index (χ0) is 11.7. The summed E-state index contributed by atoms with van der Waals surface area (Å²) in [5, 5.41) is 1.04. The van der Waals surface area contributed by atoms with E-state index in [0.29, 0.717) is 10.0 Å². The Bertz CT molecular complexity index is 510. The Morgan fingerprint density at radius 3 is 2.75 bits per heavy atom. The highest BCUT2D eigenvalue weighted by Gasteiger charge is 2.17. The molecular weight excluding hydrogens is 263 g/mol. The number of halogens is 2. The van der Waals surface area contributed by atoms with Crippen LogP contribution in [-0.2, 0) is 0 Å². The lowest BCUT2D eigenvalue weighted by Crippen LogP contribution is -2.12. The van der Waals surface area contributed by atoms with E-state index in [1.54, 1.807) is 11.6 Å². The standard InChI is InChI=1S/C11H10Cl2N2S/c1-6-11(16-5-15-6)10(14)7-3-2-4-8(12)9(7)13/h2-5,10H,14H2,1H3. The normalized spacial score (nSPS) is 12.8. The average Bonchev–Trinajstić information content (AvgIpc) is 2.68. The van der Waals surface area contributed by atoms with Crippen LogP contribution < -0.4 is 5.73 Å². The summed E-state index contributed by atoms with van der Waals surface area (Å²) in [6.45, 7) is 1.93. The van der Waals surface area contributed by atoms with Gasteiger partial charge in [0.1, 0.15) is 0 Å². The molecule has 2 rings (SSSR count). The monoisotopic (exact) mass is 272 g/mol. The molecule has 84 valence electrons. The van der Waals surface area contributed by atoms with Crippen molar-refractivity contribution in [3.8, 4) is 0 Å². The molecule has 1 aromatic heterocycles. The molecule has 0 aliphatic rings. The van der Waals surface area contributed by atoms with E-state index in [9.17, 15) is 0 Å². The molecule has 0 aliphatic carbocycles. The first kappa shape index (κ1) is 11.9. The van der Waals surface area contributed by atoms with Crippen LogP contribution in [0.1, 0.15) is 22.2 Å². The van der Waals surface area contributed by atoms with Crippen LogP contribution in [0.4, 0.5) is 0 Å². The maximum absolute atomic E-state index is 6.16. The Morgan fingerprint density at radius 1 is 1.38 bits per heavy atom. The number of nitrogens with two attached hydrogens (primary N) is 1. The van der Waals surface area contributed by atoms with Crippen LogP contribution in [0.15, 0.2) is 23.7 Å². The van der Waals surface area contributed by atoms with Crippen LogP contribution in [0.5, 0.6) is 0 Å². The molecule has 0 radical (unpaired) electrons. The van der Waals surface area contributed by atoms with Crippen molar-refractivity contribution in [3.05, 3.63) is 49.9 Å². The summed E-state index contributed by atoms with van der Waals surface area (Å²) in [6.07, 6.45) is 0. The highest BCUT2D eigenvalue weighted by atomic mass is 35.5. The molecule has 2 N–H and O–H groups in total. The Labute approximate surface area is 108 Å². The predicted molar refractivity (Wildman–Crippen MR) is 69.3 cm³/mol. The highest BCUT2D eigenvalue weighted by Crippen LogP contribution is 2.34. The molecule has 2 aromatic rings. The maximum Gasteiger partial charge on any atom is 0.0798 e. The maximum atomic E-state index is 6.16. The number of benzene rings is 1. The molecule has 1 unspecified atom stereocenters. The fourth-order valence-corrected chi connectivity index (χ4v) is 2.76. The summed E-state index contributed by atoms with van der Waals surface area (Å²) in [5.74, 6) is 0. The lowest BCUT2D eigenvalue weighted by atomic mass is 10.1. The zero-order valence-electron chi connectivity index (χ0n) is 8.58. The lowest BCUT2D eigenvalue weighted by molar-refractivity contribution is 0.878. The number of thiazole rings is 1. The Kier molecular flexibility index (Phi) is 3.50. The van der Waals surface area contributed by atoms with Gasteiger partial charge in [-0.1, -0.05) is 35.3 Å². The zero-order valence-corrected chi connectivity index (χ0v) is 10.9. The molecule has 0 bridgehead atoms. The summed E-state index contributed by atoms with van der Waals surface area (Å²) >= 11 is 13.6. The van der Waals surface area contributed by atoms with Gasteiger partial charge in [-0.05, 0) is 18.6 Å². The summed E-state index contributed by atoms with van der Waals surface area (Å²) in [5.41, 5.74) is 9.71. The molecule has 0 fully saturated rings. The van der Waals surface area contributed by atoms with E-state index in [-0.39, 0.29) is 6.04 Å². The summed E-state index contributed by atoms with van der Waals surface area (Å²) in [4.78, 5) is 5.20. The fraction of sp³-hybridized carbons (Fsp3) is 0.182. The van der Waals surface area contributed by atoms with Crippen molar-refractivity contribution >= 4 is 34.5 Å². The van der Waals surface area contributed by atoms with Gasteiger partial charge in [0.2, 0.25) is 0 Å². The molecular formula is C11H10Cl2N2S. The molecule has 0 saturated heterocycles. The number of hydrogen-bond acceptors (Lipinski definition) is 3. The van der Waals surface area contributed by atoms with Crippen molar-refractivity contribution < 1.29 is 0 Å². The summed E-state index contributed by atoms with van der Waals surface area (Å²) in [7, 11) is 0. The van der Waals surface area contributed by atoms with E-state index in [4.69, 9.17) is 28.9 Å². The molecule has 5 heteroatoms. The third-order valence-electron chi connectivity index (χ3n) is 2.38. The molecule has 0 saturated carbocycles. The average molecular weight is 273 g/mol. The number of nitrogens with zero attached hydrogens (tertiary/aromatic N) is 1. The minimum atomic E-state index is -0.265. The molecule has 1 aromatic carbocycles. The molecule has 2 nitrogen and oxygen atoms in total. The van der Waals surface area contributed by atoms with Crippen LogP contribution >= 0.6 is 34.5 Å². The number of aryl methyl sites for hydroxylation is 1. The minimum Gasteiger partial charge on any atom is -0.320 e. The van der Waals surface area contributed by atoms with E-state index in [1.807, 2.05) is 19.1 Å². The van der Waals surface area contributed by atoms with Gasteiger partial charge in [0.05, 0.1) is 27.3 Å². The van der Waals surface area contributed by atoms with E-state index in [0.717, 1.165) is 16.1 Å². The first-order valence-electron chi connectivity index (χ1n) is 4.70. The van der Waals surface area contributed by atoms with Gasteiger partial charge < -0.3 is 5.73 Å². The third-order valence-corrected chi connectivity index (χ3v) is 4.23. The first-order chi connectivity index (χ1) is 7.61. The van der Waals surface area contributed by atoms with Crippen molar-refractivity contribution in [1.29, 1.82) is 0 Å². The topological polar surface area (TPSA) is 38.9 Å². The highest BCUT2D eigenvalue weighted by molar-refractivity contribution is 7.09. The van der Waals surface area contributed by atoms with Gasteiger partial charge in [0, 0.05) is 4.88 Å². The van der Waals surface area contributed by atoms with E-state index < -0.39 is 0 Å². The van der Waals surface area contributed by atoms with E-state index in [1.165, 1.54) is 11.3 Å². The van der Waals surface area contributed by atoms with Gasteiger partial charge >= 0.3 is 0 Å². The third kappa shape index (κ3) is 2.09. The molecule has 0 spiro atoms. The second-order valence-corrected chi connectivity index (χ2v) is 5.09. The van der Waals surface area contributed by atoms with Crippen LogP contribution in [0.2, 0.25) is 10.0 Å². The SMILES string of the molecule is Cc1ncsc1C(N)c1cccc(Cl)c1Cl.